The largest absolute Gasteiger partial charge is 0.378 e. The molecule has 0 radical (unpaired) electrons. The Bertz CT molecular complexity index is 525. The predicted octanol–water partition coefficient (Wildman–Crippen LogP) is 0.251. The van der Waals surface area contributed by atoms with Gasteiger partial charge in [-0.1, -0.05) is 0 Å². The van der Waals surface area contributed by atoms with E-state index in [1.807, 2.05) is 0 Å². The van der Waals surface area contributed by atoms with Crippen LogP contribution in [-0.4, -0.2) is 48.3 Å². The van der Waals surface area contributed by atoms with E-state index in [4.69, 9.17) is 17.0 Å². The fourth-order valence-electron chi connectivity index (χ4n) is 1.90. The Hall–Kier alpha value is -1.45. The average molecular weight is 327 g/mol. The minimum atomic E-state index is -0.286. The molecule has 1 aromatic rings. The number of carbonyl (C=O) groups is 1. The minimum absolute atomic E-state index is 0.286. The van der Waals surface area contributed by atoms with E-state index in [-0.39, 0.29) is 5.91 Å². The Labute approximate surface area is 132 Å². The zero-order chi connectivity index (χ0) is 14.7. The molecule has 2 fully saturated rings. The summed E-state index contributed by atoms with van der Waals surface area (Å²) >= 11 is 6.53. The van der Waals surface area contributed by atoms with Gasteiger partial charge in [-0.2, -0.15) is 0 Å². The van der Waals surface area contributed by atoms with Gasteiger partial charge < -0.3 is 15.0 Å². The number of hydrazine groups is 1. The molecule has 7 nitrogen and oxygen atoms in total. The van der Waals surface area contributed by atoms with Gasteiger partial charge in [0.05, 0.1) is 13.2 Å². The first-order chi connectivity index (χ1) is 10.2. The fraction of sp³-hybridized carbons (Fsp3) is 0.583. The molecule has 1 amide bonds. The summed E-state index contributed by atoms with van der Waals surface area (Å²) in [5.74, 6) is -0.286. The fourth-order valence-corrected chi connectivity index (χ4v) is 2.97. The van der Waals surface area contributed by atoms with Crippen LogP contribution >= 0.6 is 23.6 Å². The number of hydrogen-bond donors (Lipinski definition) is 3. The monoisotopic (exact) mass is 327 g/mol. The second-order valence-electron chi connectivity index (χ2n) is 4.94. The van der Waals surface area contributed by atoms with Crippen LogP contribution in [0.5, 0.6) is 0 Å². The molecule has 1 aliphatic carbocycles. The quantitative estimate of drug-likeness (QED) is 0.542. The molecule has 0 bridgehead atoms. The molecule has 0 atom stereocenters. The van der Waals surface area contributed by atoms with Gasteiger partial charge in [0, 0.05) is 24.5 Å². The molecular formula is C12H17N5O2S2. The zero-order valence-electron chi connectivity index (χ0n) is 11.4. The highest BCUT2D eigenvalue weighted by molar-refractivity contribution is 7.80. The Balaban J connectivity index is 1.49. The van der Waals surface area contributed by atoms with Crippen LogP contribution in [0.15, 0.2) is 5.38 Å². The third-order valence-electron chi connectivity index (χ3n) is 3.21. The summed E-state index contributed by atoms with van der Waals surface area (Å²) in [6.45, 7) is 3.01. The molecule has 9 heteroatoms. The van der Waals surface area contributed by atoms with Gasteiger partial charge in [-0.05, 0) is 25.1 Å². The van der Waals surface area contributed by atoms with Crippen LogP contribution < -0.4 is 21.1 Å². The van der Waals surface area contributed by atoms with Crippen LogP contribution in [0.4, 0.5) is 5.13 Å². The topological polar surface area (TPSA) is 78.5 Å². The van der Waals surface area contributed by atoms with Gasteiger partial charge in [0.15, 0.2) is 10.2 Å². The first-order valence-electron chi connectivity index (χ1n) is 6.87. The highest BCUT2D eigenvalue weighted by Gasteiger charge is 2.22. The molecule has 2 heterocycles. The lowest BCUT2D eigenvalue weighted by molar-refractivity contribution is 0.0939. The number of nitrogens with one attached hydrogen (secondary N) is 3. The molecule has 2 aliphatic rings. The Morgan fingerprint density at radius 3 is 2.86 bits per heavy atom. The summed E-state index contributed by atoms with van der Waals surface area (Å²) in [6.07, 6.45) is 2.26. The lowest BCUT2D eigenvalue weighted by Crippen LogP contribution is -2.47. The molecule has 0 spiro atoms. The standard InChI is InChI=1S/C12H17N5O2S2/c18-10(15-16-11(20)13-8-1-2-8)9-7-21-12(14-9)17-3-5-19-6-4-17/h7-8H,1-6H2,(H,15,18)(H2,13,16,20). The normalized spacial score (nSPS) is 18.2. The van der Waals surface area contributed by atoms with E-state index in [2.05, 4.69) is 26.1 Å². The lowest BCUT2D eigenvalue weighted by atomic mass is 10.4. The number of amides is 1. The minimum Gasteiger partial charge on any atom is -0.378 e. The number of nitrogens with zero attached hydrogens (tertiary/aromatic N) is 2. The Morgan fingerprint density at radius 1 is 1.38 bits per heavy atom. The number of rotatable bonds is 3. The molecule has 1 saturated heterocycles. The van der Waals surface area contributed by atoms with Gasteiger partial charge in [0.1, 0.15) is 5.69 Å². The van der Waals surface area contributed by atoms with Crippen molar-refractivity contribution in [1.29, 1.82) is 0 Å². The molecule has 0 unspecified atom stereocenters. The van der Waals surface area contributed by atoms with Crippen molar-refractivity contribution < 1.29 is 9.53 Å². The smallest absolute Gasteiger partial charge is 0.289 e. The Kier molecular flexibility index (Phi) is 4.51. The van der Waals surface area contributed by atoms with Gasteiger partial charge in [0.2, 0.25) is 0 Å². The van der Waals surface area contributed by atoms with Crippen LogP contribution in [0, 0.1) is 0 Å². The summed E-state index contributed by atoms with van der Waals surface area (Å²) in [6, 6.07) is 0.453. The number of anilines is 1. The average Bonchev–Trinajstić information content (AvgIpc) is 3.18. The van der Waals surface area contributed by atoms with Crippen LogP contribution in [0.2, 0.25) is 0 Å². The number of morpholine rings is 1. The maximum Gasteiger partial charge on any atom is 0.289 e. The molecule has 1 aliphatic heterocycles. The maximum absolute atomic E-state index is 12.0. The highest BCUT2D eigenvalue weighted by atomic mass is 32.1. The van der Waals surface area contributed by atoms with Crippen molar-refractivity contribution in [2.45, 2.75) is 18.9 Å². The van der Waals surface area contributed by atoms with E-state index in [0.717, 1.165) is 31.1 Å². The summed E-state index contributed by atoms with van der Waals surface area (Å²) < 4.78 is 5.30. The third kappa shape index (κ3) is 4.02. The van der Waals surface area contributed by atoms with Gasteiger partial charge in [-0.25, -0.2) is 4.98 Å². The van der Waals surface area contributed by atoms with Gasteiger partial charge >= 0.3 is 0 Å². The van der Waals surface area contributed by atoms with Gasteiger partial charge in [-0.15, -0.1) is 11.3 Å². The maximum atomic E-state index is 12.0. The summed E-state index contributed by atoms with van der Waals surface area (Å²) in [7, 11) is 0. The van der Waals surface area contributed by atoms with Gasteiger partial charge in [-0.3, -0.25) is 15.6 Å². The van der Waals surface area contributed by atoms with Crippen molar-refractivity contribution in [3.8, 4) is 0 Å². The molecular weight excluding hydrogens is 310 g/mol. The highest BCUT2D eigenvalue weighted by Crippen LogP contribution is 2.21. The van der Waals surface area contributed by atoms with Crippen LogP contribution in [0.3, 0.4) is 0 Å². The zero-order valence-corrected chi connectivity index (χ0v) is 13.1. The number of thiocarbonyl (C=S) groups is 1. The number of hydrogen-bond acceptors (Lipinski definition) is 6. The van der Waals surface area contributed by atoms with E-state index in [9.17, 15) is 4.79 Å². The van der Waals surface area contributed by atoms with Crippen molar-refractivity contribution in [2.75, 3.05) is 31.2 Å². The van der Waals surface area contributed by atoms with E-state index < -0.39 is 0 Å². The molecule has 3 rings (SSSR count). The van der Waals surface area contributed by atoms with Crippen molar-refractivity contribution in [3.05, 3.63) is 11.1 Å². The SMILES string of the molecule is O=C(NNC(=S)NC1CC1)c1csc(N2CCOCC2)n1. The third-order valence-corrected chi connectivity index (χ3v) is 4.33. The number of aromatic nitrogens is 1. The van der Waals surface area contributed by atoms with E-state index >= 15 is 0 Å². The van der Waals surface area contributed by atoms with Crippen molar-refractivity contribution in [1.82, 2.24) is 21.2 Å². The number of thiazole rings is 1. The van der Waals surface area contributed by atoms with E-state index in [1.165, 1.54) is 11.3 Å². The van der Waals surface area contributed by atoms with Crippen LogP contribution in [0.25, 0.3) is 0 Å². The summed E-state index contributed by atoms with van der Waals surface area (Å²) in [5, 5.41) is 6.12. The van der Waals surface area contributed by atoms with Crippen LogP contribution in [0.1, 0.15) is 23.3 Å². The number of ether oxygens (including phenoxy) is 1. The second kappa shape index (κ2) is 6.54. The molecule has 114 valence electrons. The van der Waals surface area contributed by atoms with Gasteiger partial charge in [0.25, 0.3) is 5.91 Å². The molecule has 1 saturated carbocycles. The summed E-state index contributed by atoms with van der Waals surface area (Å²) in [5.41, 5.74) is 5.64. The molecule has 0 aromatic carbocycles. The first-order valence-corrected chi connectivity index (χ1v) is 8.16. The Morgan fingerprint density at radius 2 is 2.14 bits per heavy atom. The van der Waals surface area contributed by atoms with Crippen molar-refractivity contribution in [2.24, 2.45) is 0 Å². The molecule has 21 heavy (non-hydrogen) atoms. The van der Waals surface area contributed by atoms with Crippen LogP contribution in [-0.2, 0) is 4.74 Å². The van der Waals surface area contributed by atoms with E-state index in [1.54, 1.807) is 5.38 Å². The lowest BCUT2D eigenvalue weighted by Gasteiger charge is -2.25. The number of carbonyl (C=O) groups excluding carboxylic acids is 1. The van der Waals surface area contributed by atoms with Crippen molar-refractivity contribution >= 4 is 39.7 Å². The summed E-state index contributed by atoms with van der Waals surface area (Å²) in [4.78, 5) is 18.5. The second-order valence-corrected chi connectivity index (χ2v) is 6.19. The predicted molar refractivity (Wildman–Crippen MR) is 84.5 cm³/mol. The van der Waals surface area contributed by atoms with E-state index in [0.29, 0.717) is 30.1 Å². The first kappa shape index (κ1) is 14.5. The molecule has 3 N–H and O–H groups in total. The van der Waals surface area contributed by atoms with Crippen molar-refractivity contribution in [3.63, 3.8) is 0 Å². The molecule has 1 aromatic heterocycles.